The maximum absolute atomic E-state index is 13.1. The molecule has 2 aromatic rings. The van der Waals surface area contributed by atoms with E-state index < -0.39 is 25.4 Å². The van der Waals surface area contributed by atoms with Gasteiger partial charge in [-0.1, -0.05) is 12.1 Å². The van der Waals surface area contributed by atoms with E-state index in [9.17, 15) is 8.78 Å². The Hall–Kier alpha value is -2.95. The molecule has 0 saturated carbocycles. The third-order valence-electron chi connectivity index (χ3n) is 5.90. The van der Waals surface area contributed by atoms with E-state index in [-0.39, 0.29) is 6.54 Å². The molecule has 2 aliphatic heterocycles. The van der Waals surface area contributed by atoms with Crippen LogP contribution in [0.3, 0.4) is 0 Å². The number of alkyl halides is 2. The minimum Gasteiger partial charge on any atom is -0.369 e. The molecule has 2 N–H and O–H groups in total. The first kappa shape index (κ1) is 24.2. The van der Waals surface area contributed by atoms with Crippen LogP contribution in [0.4, 0.5) is 14.5 Å². The van der Waals surface area contributed by atoms with Gasteiger partial charge >= 0.3 is 0 Å². The van der Waals surface area contributed by atoms with Gasteiger partial charge in [-0.3, -0.25) is 14.9 Å². The number of aliphatic imine (C=N–C) groups is 1. The van der Waals surface area contributed by atoms with Crippen molar-refractivity contribution in [1.82, 2.24) is 9.88 Å². The molecule has 1 aromatic carbocycles. The summed E-state index contributed by atoms with van der Waals surface area (Å²) in [4.78, 5) is 13.4. The number of pyridine rings is 1. The molecule has 0 amide bonds. The lowest BCUT2D eigenvalue weighted by molar-refractivity contribution is -0.262. The van der Waals surface area contributed by atoms with Crippen molar-refractivity contribution in [2.45, 2.75) is 25.7 Å². The maximum Gasteiger partial charge on any atom is 0.293 e. The first-order chi connectivity index (χ1) is 16.4. The van der Waals surface area contributed by atoms with E-state index >= 15 is 0 Å². The first-order valence-corrected chi connectivity index (χ1v) is 11.3. The zero-order valence-electron chi connectivity index (χ0n) is 19.2. The number of aryl methyl sites for hydroxylation is 1. The lowest BCUT2D eigenvalue weighted by Crippen LogP contribution is -2.46. The number of hydrogen-bond donors (Lipinski definition) is 1. The van der Waals surface area contributed by atoms with Gasteiger partial charge in [-0.25, -0.2) is 8.78 Å². The van der Waals surface area contributed by atoms with Crippen LogP contribution in [0.2, 0.25) is 0 Å². The highest BCUT2D eigenvalue weighted by Crippen LogP contribution is 2.23. The normalized spacial score (nSPS) is 20.2. The molecule has 4 rings (SSSR count). The van der Waals surface area contributed by atoms with Crippen LogP contribution in [0.1, 0.15) is 16.8 Å². The fraction of sp³-hybridized carbons (Fsp3) is 0.458. The van der Waals surface area contributed by atoms with Crippen LogP contribution in [0.5, 0.6) is 0 Å². The molecular weight excluding hydrogens is 442 g/mol. The Morgan fingerprint density at radius 2 is 1.94 bits per heavy atom. The number of hydrogen-bond acceptors (Lipinski definition) is 8. The van der Waals surface area contributed by atoms with Crippen molar-refractivity contribution in [3.05, 3.63) is 59.4 Å². The van der Waals surface area contributed by atoms with Gasteiger partial charge in [-0.05, 0) is 36.8 Å². The third-order valence-corrected chi connectivity index (χ3v) is 5.90. The summed E-state index contributed by atoms with van der Waals surface area (Å²) in [5.41, 5.74) is 4.63. The number of hydrazone groups is 1. The van der Waals surface area contributed by atoms with E-state index in [1.165, 1.54) is 6.21 Å². The quantitative estimate of drug-likeness (QED) is 0.378. The number of aromatic nitrogens is 1. The number of rotatable bonds is 7. The monoisotopic (exact) mass is 472 g/mol. The molecule has 2 fully saturated rings. The fourth-order valence-electron chi connectivity index (χ4n) is 4.04. The lowest BCUT2D eigenvalue weighted by Gasteiger charge is -2.36. The van der Waals surface area contributed by atoms with Crippen molar-refractivity contribution < 1.29 is 18.3 Å². The number of ether oxygens (including phenoxy) is 2. The molecule has 2 aliphatic rings. The molecule has 0 unspecified atom stereocenters. The summed E-state index contributed by atoms with van der Waals surface area (Å²) in [7, 11) is 0. The predicted octanol–water partition coefficient (Wildman–Crippen LogP) is 2.45. The first-order valence-electron chi connectivity index (χ1n) is 11.3. The fourth-order valence-corrected chi connectivity index (χ4v) is 4.04. The van der Waals surface area contributed by atoms with Crippen LogP contribution in [0.15, 0.2) is 52.7 Å². The van der Waals surface area contributed by atoms with Gasteiger partial charge < -0.3 is 20.2 Å². The molecule has 3 heterocycles. The molecule has 10 heteroatoms. The highest BCUT2D eigenvalue weighted by Gasteiger charge is 2.36. The van der Waals surface area contributed by atoms with Crippen LogP contribution in [-0.4, -0.2) is 80.0 Å². The van der Waals surface area contributed by atoms with Crippen LogP contribution >= 0.6 is 0 Å². The van der Waals surface area contributed by atoms with Crippen molar-refractivity contribution >= 4 is 17.6 Å². The third kappa shape index (κ3) is 6.34. The van der Waals surface area contributed by atoms with Gasteiger partial charge in [-0.15, -0.1) is 0 Å². The van der Waals surface area contributed by atoms with Gasteiger partial charge in [0.25, 0.3) is 5.92 Å². The van der Waals surface area contributed by atoms with Gasteiger partial charge in [-0.2, -0.15) is 5.10 Å². The van der Waals surface area contributed by atoms with Gasteiger partial charge in [0, 0.05) is 56.4 Å². The Bertz CT molecular complexity index is 1000. The summed E-state index contributed by atoms with van der Waals surface area (Å²) < 4.78 is 36.2. The van der Waals surface area contributed by atoms with Crippen molar-refractivity contribution in [3.63, 3.8) is 0 Å². The zero-order valence-corrected chi connectivity index (χ0v) is 19.2. The van der Waals surface area contributed by atoms with Crippen LogP contribution < -0.4 is 10.7 Å². The van der Waals surface area contributed by atoms with Crippen LogP contribution in [0, 0.1) is 6.92 Å². The molecule has 0 radical (unpaired) electrons. The molecule has 182 valence electrons. The molecule has 0 spiro atoms. The maximum atomic E-state index is 13.1. The Balaban J connectivity index is 1.31. The standard InChI is InChI=1S/C24H30F2N6O2/c1-18-12-20(32-10-8-31(9-11-32)15-19-4-2-3-7-29-19)5-6-21(18)22(30-27)13-28-14-23-33-16-24(25,26)17-34-23/h2-7,12-13,23H,8-11,14-17,27H2,1H3/b28-13?,30-22+. The van der Waals surface area contributed by atoms with Crippen molar-refractivity contribution in [2.24, 2.45) is 15.9 Å². The average Bonchev–Trinajstić information content (AvgIpc) is 2.84. The van der Waals surface area contributed by atoms with Crippen molar-refractivity contribution in [1.29, 1.82) is 0 Å². The summed E-state index contributed by atoms with van der Waals surface area (Å²) >= 11 is 0. The molecule has 1 aromatic heterocycles. The number of nitrogens with zero attached hydrogens (tertiary/aromatic N) is 5. The molecular formula is C24H30F2N6O2. The van der Waals surface area contributed by atoms with E-state index in [2.05, 4.69) is 43.1 Å². The van der Waals surface area contributed by atoms with Gasteiger partial charge in [0.15, 0.2) is 6.29 Å². The average molecular weight is 473 g/mol. The summed E-state index contributed by atoms with van der Waals surface area (Å²) in [5.74, 6) is 2.65. The second kappa shape index (κ2) is 11.0. The zero-order chi connectivity index (χ0) is 24.0. The summed E-state index contributed by atoms with van der Waals surface area (Å²) in [6.07, 6.45) is 2.56. The van der Waals surface area contributed by atoms with E-state index in [1.807, 2.05) is 31.3 Å². The Kier molecular flexibility index (Phi) is 7.81. The van der Waals surface area contributed by atoms with E-state index in [4.69, 9.17) is 15.3 Å². The highest BCUT2D eigenvalue weighted by atomic mass is 19.3. The highest BCUT2D eigenvalue weighted by molar-refractivity contribution is 6.38. The van der Waals surface area contributed by atoms with Gasteiger partial charge in [0.2, 0.25) is 0 Å². The van der Waals surface area contributed by atoms with Crippen LogP contribution in [-0.2, 0) is 16.0 Å². The second-order valence-corrected chi connectivity index (χ2v) is 8.50. The van der Waals surface area contributed by atoms with Gasteiger partial charge in [0.05, 0.1) is 12.2 Å². The predicted molar refractivity (Wildman–Crippen MR) is 128 cm³/mol. The molecule has 0 atom stereocenters. The topological polar surface area (TPSA) is 88.6 Å². The Morgan fingerprint density at radius 3 is 2.59 bits per heavy atom. The van der Waals surface area contributed by atoms with E-state index in [0.29, 0.717) is 5.71 Å². The van der Waals surface area contributed by atoms with E-state index in [1.54, 1.807) is 0 Å². The molecule has 8 nitrogen and oxygen atoms in total. The number of piperazine rings is 1. The summed E-state index contributed by atoms with van der Waals surface area (Å²) in [5, 5.41) is 3.86. The Morgan fingerprint density at radius 1 is 1.18 bits per heavy atom. The SMILES string of the molecule is Cc1cc(N2CCN(Cc3ccccn3)CC2)ccc1/C(C=NCC1OCC(F)(F)CO1)=N/N. The minimum atomic E-state index is -2.95. The van der Waals surface area contributed by atoms with Gasteiger partial charge in [0.1, 0.15) is 18.9 Å². The molecule has 0 bridgehead atoms. The number of anilines is 1. The minimum absolute atomic E-state index is 0.0923. The van der Waals surface area contributed by atoms with E-state index in [0.717, 1.165) is 55.2 Å². The Labute approximate surface area is 198 Å². The number of benzene rings is 1. The molecule has 2 saturated heterocycles. The largest absolute Gasteiger partial charge is 0.369 e. The van der Waals surface area contributed by atoms with Crippen molar-refractivity contribution in [3.8, 4) is 0 Å². The molecule has 0 aliphatic carbocycles. The smallest absolute Gasteiger partial charge is 0.293 e. The van der Waals surface area contributed by atoms with Crippen LogP contribution in [0.25, 0.3) is 0 Å². The second-order valence-electron chi connectivity index (χ2n) is 8.50. The number of nitrogens with two attached hydrogens (primary N) is 1. The summed E-state index contributed by atoms with van der Waals surface area (Å²) in [6, 6.07) is 12.2. The number of halogens is 2. The summed E-state index contributed by atoms with van der Waals surface area (Å²) in [6.45, 7) is 5.44. The molecule has 34 heavy (non-hydrogen) atoms. The lowest BCUT2D eigenvalue weighted by atomic mass is 10.0. The van der Waals surface area contributed by atoms with Crippen molar-refractivity contribution in [2.75, 3.05) is 50.8 Å².